The van der Waals surface area contributed by atoms with Gasteiger partial charge in [-0.05, 0) is 6.92 Å². The summed E-state index contributed by atoms with van der Waals surface area (Å²) in [4.78, 5) is 0. The molecular formula is C4H7N2O2-. The molecule has 0 fully saturated rings. The smallest absolute Gasteiger partial charge is 0.293 e. The second-order valence-electron chi connectivity index (χ2n) is 1.02. The quantitative estimate of drug-likeness (QED) is 0.446. The third kappa shape index (κ3) is 3.14. The maximum atomic E-state index is 8.43. The molecule has 0 aliphatic heterocycles. The standard InChI is InChI=1S/C4H7N2O2/c1-2-8-4(7)3-6-5/h3,7H,2H2,1H3/q-1/b4-3+. The highest BCUT2D eigenvalue weighted by Gasteiger charge is 1.82. The molecule has 0 saturated heterocycles. The molecule has 46 valence electrons. The molecule has 4 nitrogen and oxygen atoms in total. The fourth-order valence-corrected chi connectivity index (χ4v) is 0.235. The molecule has 0 aromatic rings. The molecule has 1 N–H and O–H groups in total. The van der Waals surface area contributed by atoms with Crippen LogP contribution in [0.3, 0.4) is 0 Å². The molecule has 0 aromatic carbocycles. The van der Waals surface area contributed by atoms with E-state index in [0.717, 1.165) is 6.20 Å². The van der Waals surface area contributed by atoms with E-state index in [1.54, 1.807) is 6.92 Å². The summed E-state index contributed by atoms with van der Waals surface area (Å²) < 4.78 is 4.45. The van der Waals surface area contributed by atoms with Gasteiger partial charge in [0.05, 0.1) is 12.8 Å². The van der Waals surface area contributed by atoms with Gasteiger partial charge in [-0.15, -0.1) is 0 Å². The average molecular weight is 115 g/mol. The van der Waals surface area contributed by atoms with Crippen molar-refractivity contribution in [3.05, 3.63) is 17.7 Å². The van der Waals surface area contributed by atoms with Crippen LogP contribution < -0.4 is 0 Å². The first kappa shape index (κ1) is 6.94. The Balaban J connectivity index is 3.44. The average Bonchev–Trinajstić information content (AvgIpc) is 1.68. The normalized spacial score (nSPS) is 10.9. The molecule has 0 atom stereocenters. The predicted molar refractivity (Wildman–Crippen MR) is 28.1 cm³/mol. The predicted octanol–water partition coefficient (Wildman–Crippen LogP) is 1.40. The zero-order chi connectivity index (χ0) is 6.41. The molecule has 0 bridgehead atoms. The fraction of sp³-hybridized carbons (Fsp3) is 0.500. The molecule has 4 heteroatoms. The SMILES string of the molecule is CCO/C(O)=C/N=[N-]. The van der Waals surface area contributed by atoms with Crippen molar-refractivity contribution >= 4 is 0 Å². The van der Waals surface area contributed by atoms with Crippen molar-refractivity contribution in [3.8, 4) is 0 Å². The van der Waals surface area contributed by atoms with Gasteiger partial charge >= 0.3 is 0 Å². The van der Waals surface area contributed by atoms with Crippen LogP contribution in [-0.4, -0.2) is 11.7 Å². The van der Waals surface area contributed by atoms with E-state index in [2.05, 4.69) is 9.85 Å². The van der Waals surface area contributed by atoms with E-state index in [0.29, 0.717) is 6.61 Å². The third-order valence-corrected chi connectivity index (χ3v) is 0.460. The van der Waals surface area contributed by atoms with Gasteiger partial charge in [0.25, 0.3) is 5.95 Å². The number of aliphatic hydroxyl groups excluding tert-OH is 1. The Kier molecular flexibility index (Phi) is 3.56. The fourth-order valence-electron chi connectivity index (χ4n) is 0.235. The van der Waals surface area contributed by atoms with Gasteiger partial charge in [0.1, 0.15) is 0 Å². The number of hydrogen-bond acceptors (Lipinski definition) is 3. The number of nitrogens with zero attached hydrogens (tertiary/aromatic N) is 2. The van der Waals surface area contributed by atoms with Gasteiger partial charge in [0.2, 0.25) is 0 Å². The summed E-state index contributed by atoms with van der Waals surface area (Å²) >= 11 is 0. The molecule has 0 saturated carbocycles. The van der Waals surface area contributed by atoms with Crippen LogP contribution in [-0.2, 0) is 4.74 Å². The summed E-state index contributed by atoms with van der Waals surface area (Å²) in [5.74, 6) is -0.380. The minimum absolute atomic E-state index is 0.359. The zero-order valence-electron chi connectivity index (χ0n) is 4.53. The lowest BCUT2D eigenvalue weighted by Gasteiger charge is -1.97. The second kappa shape index (κ2) is 4.11. The Morgan fingerprint density at radius 3 is 3.00 bits per heavy atom. The highest BCUT2D eigenvalue weighted by molar-refractivity contribution is 4.77. The van der Waals surface area contributed by atoms with Crippen LogP contribution in [0.25, 0.3) is 5.53 Å². The second-order valence-corrected chi connectivity index (χ2v) is 1.02. The van der Waals surface area contributed by atoms with E-state index in [1.165, 1.54) is 0 Å². The van der Waals surface area contributed by atoms with Crippen LogP contribution >= 0.6 is 0 Å². The Morgan fingerprint density at radius 1 is 2.00 bits per heavy atom. The molecule has 0 aliphatic rings. The van der Waals surface area contributed by atoms with E-state index in [9.17, 15) is 0 Å². The summed E-state index contributed by atoms with van der Waals surface area (Å²) in [6.07, 6.45) is 0.809. The van der Waals surface area contributed by atoms with Crippen molar-refractivity contribution in [1.29, 1.82) is 0 Å². The molecule has 0 aliphatic carbocycles. The zero-order valence-corrected chi connectivity index (χ0v) is 4.53. The Morgan fingerprint density at radius 2 is 2.62 bits per heavy atom. The van der Waals surface area contributed by atoms with Crippen molar-refractivity contribution in [2.45, 2.75) is 6.92 Å². The van der Waals surface area contributed by atoms with Crippen LogP contribution in [0, 0.1) is 0 Å². The first-order chi connectivity index (χ1) is 3.81. The maximum Gasteiger partial charge on any atom is 0.293 e. The number of rotatable bonds is 3. The Bertz CT molecular complexity index is 100. The molecule has 0 aromatic heterocycles. The molecule has 0 heterocycles. The number of aliphatic hydroxyl groups is 1. The topological polar surface area (TPSA) is 64.1 Å². The minimum Gasteiger partial charge on any atom is -0.707 e. The Labute approximate surface area is 47.3 Å². The van der Waals surface area contributed by atoms with E-state index in [4.69, 9.17) is 10.6 Å². The van der Waals surface area contributed by atoms with Crippen LogP contribution in [0.5, 0.6) is 0 Å². The van der Waals surface area contributed by atoms with Crippen LogP contribution in [0.2, 0.25) is 0 Å². The summed E-state index contributed by atoms with van der Waals surface area (Å²) in [6, 6.07) is 0. The van der Waals surface area contributed by atoms with Crippen molar-refractivity contribution in [3.63, 3.8) is 0 Å². The molecule has 0 rings (SSSR count). The lowest BCUT2D eigenvalue weighted by atomic mass is 10.8. The van der Waals surface area contributed by atoms with Gasteiger partial charge in [-0.25, -0.2) is 0 Å². The van der Waals surface area contributed by atoms with Gasteiger partial charge < -0.3 is 20.5 Å². The third-order valence-electron chi connectivity index (χ3n) is 0.460. The van der Waals surface area contributed by atoms with E-state index in [1.807, 2.05) is 0 Å². The highest BCUT2D eigenvalue weighted by atomic mass is 16.6. The van der Waals surface area contributed by atoms with Gasteiger partial charge in [0, 0.05) is 0 Å². The van der Waals surface area contributed by atoms with E-state index in [-0.39, 0.29) is 5.95 Å². The van der Waals surface area contributed by atoms with Crippen LogP contribution in [0.15, 0.2) is 17.3 Å². The van der Waals surface area contributed by atoms with Gasteiger partial charge in [-0.2, -0.15) is 0 Å². The minimum atomic E-state index is -0.380. The van der Waals surface area contributed by atoms with Crippen molar-refractivity contribution in [1.82, 2.24) is 0 Å². The summed E-state index contributed by atoms with van der Waals surface area (Å²) in [7, 11) is 0. The lowest BCUT2D eigenvalue weighted by molar-refractivity contribution is 0.101. The first-order valence-electron chi connectivity index (χ1n) is 2.17. The van der Waals surface area contributed by atoms with Crippen molar-refractivity contribution < 1.29 is 9.84 Å². The Hall–Kier alpha value is -1.06. The summed E-state index contributed by atoms with van der Waals surface area (Å²) in [5.41, 5.74) is 7.77. The summed E-state index contributed by atoms with van der Waals surface area (Å²) in [5, 5.41) is 11.0. The summed E-state index contributed by atoms with van der Waals surface area (Å²) in [6.45, 7) is 2.07. The first-order valence-corrected chi connectivity index (χ1v) is 2.17. The molecule has 0 radical (unpaired) electrons. The molecule has 0 spiro atoms. The highest BCUT2D eigenvalue weighted by Crippen LogP contribution is 1.89. The van der Waals surface area contributed by atoms with E-state index >= 15 is 0 Å². The van der Waals surface area contributed by atoms with Gasteiger partial charge in [-0.3, -0.25) is 0 Å². The van der Waals surface area contributed by atoms with Gasteiger partial charge in [-0.1, -0.05) is 0 Å². The van der Waals surface area contributed by atoms with Crippen LogP contribution in [0.1, 0.15) is 6.92 Å². The molecular weight excluding hydrogens is 108 g/mol. The molecule has 0 amide bonds. The maximum absolute atomic E-state index is 8.43. The van der Waals surface area contributed by atoms with Crippen molar-refractivity contribution in [2.75, 3.05) is 6.61 Å². The monoisotopic (exact) mass is 115 g/mol. The van der Waals surface area contributed by atoms with Crippen LogP contribution in [0.4, 0.5) is 0 Å². The van der Waals surface area contributed by atoms with Crippen molar-refractivity contribution in [2.24, 2.45) is 5.11 Å². The number of hydrogen-bond donors (Lipinski definition) is 1. The lowest BCUT2D eigenvalue weighted by Crippen LogP contribution is -1.87. The van der Waals surface area contributed by atoms with Gasteiger partial charge in [0.15, 0.2) is 0 Å². The van der Waals surface area contributed by atoms with E-state index < -0.39 is 0 Å². The number of ether oxygens (including phenoxy) is 1. The largest absolute Gasteiger partial charge is 0.707 e. The molecule has 0 unspecified atom stereocenters. The molecule has 8 heavy (non-hydrogen) atoms.